The number of hydrogen-bond acceptors (Lipinski definition) is 7. The number of carbonyl (C=O) groups is 1. The lowest BCUT2D eigenvalue weighted by Gasteiger charge is -2.27. The van der Waals surface area contributed by atoms with Crippen LogP contribution in [0.4, 0.5) is 5.95 Å². The summed E-state index contributed by atoms with van der Waals surface area (Å²) in [5, 5.41) is 2.82. The molecule has 1 saturated heterocycles. The third kappa shape index (κ3) is 4.02. The number of rotatable bonds is 4. The summed E-state index contributed by atoms with van der Waals surface area (Å²) in [6, 6.07) is 1.87. The summed E-state index contributed by atoms with van der Waals surface area (Å²) in [6.45, 7) is 6.95. The number of nitrogens with one attached hydrogen (secondary N) is 1. The first-order valence-electron chi connectivity index (χ1n) is 7.86. The van der Waals surface area contributed by atoms with E-state index in [1.54, 1.807) is 6.20 Å². The fourth-order valence-corrected chi connectivity index (χ4v) is 2.38. The van der Waals surface area contributed by atoms with E-state index in [4.69, 9.17) is 4.74 Å². The molecule has 0 aliphatic carbocycles. The van der Waals surface area contributed by atoms with Gasteiger partial charge in [0.05, 0.1) is 37.3 Å². The van der Waals surface area contributed by atoms with Crippen LogP contribution in [0.1, 0.15) is 27.6 Å². The molecule has 0 saturated carbocycles. The number of anilines is 1. The van der Waals surface area contributed by atoms with E-state index < -0.39 is 0 Å². The van der Waals surface area contributed by atoms with E-state index >= 15 is 0 Å². The van der Waals surface area contributed by atoms with Crippen molar-refractivity contribution in [2.75, 3.05) is 31.2 Å². The number of carbonyl (C=O) groups excluding carboxylic acids is 1. The summed E-state index contributed by atoms with van der Waals surface area (Å²) in [4.78, 5) is 31.4. The van der Waals surface area contributed by atoms with Crippen LogP contribution >= 0.6 is 0 Å². The van der Waals surface area contributed by atoms with Crippen molar-refractivity contribution < 1.29 is 9.53 Å². The fraction of sp³-hybridized carbons (Fsp3) is 0.438. The lowest BCUT2D eigenvalue weighted by Crippen LogP contribution is -2.37. The molecule has 0 spiro atoms. The topological polar surface area (TPSA) is 93.1 Å². The molecule has 126 valence electrons. The molecule has 0 radical (unpaired) electrons. The van der Waals surface area contributed by atoms with Crippen molar-refractivity contribution in [1.29, 1.82) is 0 Å². The van der Waals surface area contributed by atoms with Gasteiger partial charge < -0.3 is 15.0 Å². The third-order valence-electron chi connectivity index (χ3n) is 3.63. The predicted octanol–water partition coefficient (Wildman–Crippen LogP) is 0.650. The van der Waals surface area contributed by atoms with Gasteiger partial charge in [0.15, 0.2) is 0 Å². The molecule has 1 N–H and O–H groups in total. The first-order chi connectivity index (χ1) is 11.6. The van der Waals surface area contributed by atoms with Gasteiger partial charge in [-0.15, -0.1) is 0 Å². The fourth-order valence-electron chi connectivity index (χ4n) is 2.38. The molecule has 3 heterocycles. The van der Waals surface area contributed by atoms with Crippen molar-refractivity contribution in [2.45, 2.75) is 20.4 Å². The van der Waals surface area contributed by atoms with Crippen LogP contribution in [0.15, 0.2) is 18.5 Å². The molecule has 0 unspecified atom stereocenters. The summed E-state index contributed by atoms with van der Waals surface area (Å²) in [5.41, 5.74) is 2.69. The molecule has 24 heavy (non-hydrogen) atoms. The third-order valence-corrected chi connectivity index (χ3v) is 3.63. The van der Waals surface area contributed by atoms with Crippen LogP contribution in [-0.2, 0) is 11.3 Å². The van der Waals surface area contributed by atoms with E-state index in [2.05, 4.69) is 30.2 Å². The molecule has 1 fully saturated rings. The van der Waals surface area contributed by atoms with Crippen LogP contribution in [0.3, 0.4) is 0 Å². The van der Waals surface area contributed by atoms with Gasteiger partial charge in [0.25, 0.3) is 5.91 Å². The van der Waals surface area contributed by atoms with E-state index in [0.717, 1.165) is 30.2 Å². The molecular weight excluding hydrogens is 308 g/mol. The highest BCUT2D eigenvalue weighted by atomic mass is 16.5. The highest BCUT2D eigenvalue weighted by Crippen LogP contribution is 2.12. The van der Waals surface area contributed by atoms with E-state index in [9.17, 15) is 4.79 Å². The van der Waals surface area contributed by atoms with Gasteiger partial charge in [-0.25, -0.2) is 15.0 Å². The Morgan fingerprint density at radius 3 is 2.67 bits per heavy atom. The largest absolute Gasteiger partial charge is 0.378 e. The first-order valence-corrected chi connectivity index (χ1v) is 7.86. The molecule has 1 aliphatic heterocycles. The van der Waals surface area contributed by atoms with Crippen molar-refractivity contribution in [1.82, 2.24) is 25.3 Å². The molecule has 1 aliphatic rings. The highest BCUT2D eigenvalue weighted by Gasteiger charge is 2.15. The summed E-state index contributed by atoms with van der Waals surface area (Å²) >= 11 is 0. The maximum atomic E-state index is 12.1. The number of nitrogens with zero attached hydrogens (tertiary/aromatic N) is 5. The van der Waals surface area contributed by atoms with E-state index in [1.807, 2.05) is 19.9 Å². The number of aromatic nitrogens is 4. The number of morpholine rings is 1. The Kier molecular flexibility index (Phi) is 4.95. The standard InChI is InChI=1S/C16H20N6O2/c1-11-7-13(21-16(20-11)22-3-5-24-6-4-22)9-19-15(23)14-10-17-12(2)8-18-14/h7-8,10H,3-6,9H2,1-2H3,(H,19,23). The minimum Gasteiger partial charge on any atom is -0.378 e. The monoisotopic (exact) mass is 328 g/mol. The van der Waals surface area contributed by atoms with Gasteiger partial charge >= 0.3 is 0 Å². The molecule has 2 aromatic heterocycles. The number of ether oxygens (including phenoxy) is 1. The maximum absolute atomic E-state index is 12.1. The van der Waals surface area contributed by atoms with Crippen LogP contribution in [-0.4, -0.2) is 52.1 Å². The maximum Gasteiger partial charge on any atom is 0.271 e. The van der Waals surface area contributed by atoms with Gasteiger partial charge in [-0.3, -0.25) is 9.78 Å². The Bertz CT molecular complexity index is 713. The number of hydrogen-bond donors (Lipinski definition) is 1. The Morgan fingerprint density at radius 1 is 1.17 bits per heavy atom. The molecule has 8 heteroatoms. The Morgan fingerprint density at radius 2 is 1.96 bits per heavy atom. The minimum absolute atomic E-state index is 0.272. The highest BCUT2D eigenvalue weighted by molar-refractivity contribution is 5.91. The first kappa shape index (κ1) is 16.3. The second kappa shape index (κ2) is 7.31. The van der Waals surface area contributed by atoms with Crippen molar-refractivity contribution in [2.24, 2.45) is 0 Å². The number of amides is 1. The second-order valence-electron chi connectivity index (χ2n) is 5.63. The van der Waals surface area contributed by atoms with Gasteiger partial charge in [-0.2, -0.15) is 0 Å². The second-order valence-corrected chi connectivity index (χ2v) is 5.63. The normalized spacial score (nSPS) is 14.5. The molecule has 0 atom stereocenters. The van der Waals surface area contributed by atoms with E-state index in [-0.39, 0.29) is 5.91 Å². The van der Waals surface area contributed by atoms with E-state index in [0.29, 0.717) is 31.4 Å². The van der Waals surface area contributed by atoms with Gasteiger partial charge in [0.2, 0.25) is 5.95 Å². The van der Waals surface area contributed by atoms with Gasteiger partial charge in [0, 0.05) is 25.0 Å². The zero-order valence-corrected chi connectivity index (χ0v) is 13.8. The Balaban J connectivity index is 1.67. The van der Waals surface area contributed by atoms with Crippen LogP contribution in [0.2, 0.25) is 0 Å². The lowest BCUT2D eigenvalue weighted by molar-refractivity contribution is 0.0945. The molecule has 3 rings (SSSR count). The minimum atomic E-state index is -0.272. The van der Waals surface area contributed by atoms with Crippen LogP contribution in [0.5, 0.6) is 0 Å². The Hall–Kier alpha value is -2.61. The van der Waals surface area contributed by atoms with Gasteiger partial charge in [-0.1, -0.05) is 0 Å². The summed E-state index contributed by atoms with van der Waals surface area (Å²) < 4.78 is 5.35. The molecule has 1 amide bonds. The molecule has 0 aromatic carbocycles. The van der Waals surface area contributed by atoms with Crippen molar-refractivity contribution >= 4 is 11.9 Å². The smallest absolute Gasteiger partial charge is 0.271 e. The average molecular weight is 328 g/mol. The average Bonchev–Trinajstić information content (AvgIpc) is 2.60. The van der Waals surface area contributed by atoms with Crippen molar-refractivity contribution in [3.05, 3.63) is 41.2 Å². The van der Waals surface area contributed by atoms with Gasteiger partial charge in [0.1, 0.15) is 5.69 Å². The number of aryl methyl sites for hydroxylation is 2. The summed E-state index contributed by atoms with van der Waals surface area (Å²) in [7, 11) is 0. The molecule has 2 aromatic rings. The summed E-state index contributed by atoms with van der Waals surface area (Å²) in [5.74, 6) is 0.407. The predicted molar refractivity (Wildman–Crippen MR) is 87.7 cm³/mol. The molecule has 8 nitrogen and oxygen atoms in total. The van der Waals surface area contributed by atoms with Crippen LogP contribution < -0.4 is 10.2 Å². The zero-order chi connectivity index (χ0) is 16.9. The quantitative estimate of drug-likeness (QED) is 0.881. The summed E-state index contributed by atoms with van der Waals surface area (Å²) in [6.07, 6.45) is 3.04. The lowest BCUT2D eigenvalue weighted by atomic mass is 10.3. The van der Waals surface area contributed by atoms with Gasteiger partial charge in [-0.05, 0) is 19.9 Å². The van der Waals surface area contributed by atoms with Crippen LogP contribution in [0.25, 0.3) is 0 Å². The SMILES string of the molecule is Cc1cnc(C(=O)NCc2cc(C)nc(N3CCOCC3)n2)cn1. The van der Waals surface area contributed by atoms with Crippen molar-refractivity contribution in [3.8, 4) is 0 Å². The van der Waals surface area contributed by atoms with Crippen molar-refractivity contribution in [3.63, 3.8) is 0 Å². The molecular formula is C16H20N6O2. The molecule has 0 bridgehead atoms. The Labute approximate surface area is 140 Å². The van der Waals surface area contributed by atoms with Crippen LogP contribution in [0, 0.1) is 13.8 Å². The zero-order valence-electron chi connectivity index (χ0n) is 13.8. The van der Waals surface area contributed by atoms with E-state index in [1.165, 1.54) is 6.20 Å².